The van der Waals surface area contributed by atoms with E-state index in [2.05, 4.69) is 41.9 Å². The second-order valence-electron chi connectivity index (χ2n) is 7.04. The highest BCUT2D eigenvalue weighted by molar-refractivity contribution is 5.31. The van der Waals surface area contributed by atoms with Crippen LogP contribution in [-0.4, -0.2) is 21.4 Å². The van der Waals surface area contributed by atoms with Crippen LogP contribution in [0.3, 0.4) is 0 Å². The SMILES string of the molecule is Cc1ccc(CN2CCc3c(nc(C4CC4)[nH]c3=O)C2)c(C)c1. The molecule has 4 nitrogen and oxygen atoms in total. The lowest BCUT2D eigenvalue weighted by Gasteiger charge is -2.28. The van der Waals surface area contributed by atoms with E-state index in [0.29, 0.717) is 5.92 Å². The summed E-state index contributed by atoms with van der Waals surface area (Å²) < 4.78 is 0. The lowest BCUT2D eigenvalue weighted by Crippen LogP contribution is -2.35. The van der Waals surface area contributed by atoms with Crippen LogP contribution in [0.1, 0.15) is 52.5 Å². The Morgan fingerprint density at radius 1 is 1.30 bits per heavy atom. The lowest BCUT2D eigenvalue weighted by atomic mass is 10.0. The minimum atomic E-state index is 0.0862. The first-order valence-corrected chi connectivity index (χ1v) is 8.50. The van der Waals surface area contributed by atoms with Gasteiger partial charge in [-0.25, -0.2) is 4.98 Å². The van der Waals surface area contributed by atoms with Gasteiger partial charge >= 0.3 is 0 Å². The topological polar surface area (TPSA) is 49.0 Å². The predicted octanol–water partition coefficient (Wildman–Crippen LogP) is 2.82. The summed E-state index contributed by atoms with van der Waals surface area (Å²) in [4.78, 5) is 22.4. The van der Waals surface area contributed by atoms with E-state index in [1.807, 2.05) is 0 Å². The molecule has 0 atom stereocenters. The van der Waals surface area contributed by atoms with Gasteiger partial charge in [0.2, 0.25) is 0 Å². The Labute approximate surface area is 136 Å². The quantitative estimate of drug-likeness (QED) is 0.948. The van der Waals surface area contributed by atoms with Crippen molar-refractivity contribution >= 4 is 0 Å². The van der Waals surface area contributed by atoms with Crippen molar-refractivity contribution in [3.63, 3.8) is 0 Å². The fourth-order valence-electron chi connectivity index (χ4n) is 3.46. The molecule has 0 bridgehead atoms. The molecule has 1 N–H and O–H groups in total. The molecule has 4 heteroatoms. The van der Waals surface area contributed by atoms with Crippen LogP contribution in [0.25, 0.3) is 0 Å². The lowest BCUT2D eigenvalue weighted by molar-refractivity contribution is 0.239. The Morgan fingerprint density at radius 2 is 2.13 bits per heavy atom. The number of hydrogen-bond acceptors (Lipinski definition) is 3. The standard InChI is InChI=1S/C19H23N3O/c1-12-3-4-15(13(2)9-12)10-22-8-7-16-17(11-22)20-18(14-5-6-14)21-19(16)23/h3-4,9,14H,5-8,10-11H2,1-2H3,(H,20,21,23). The molecule has 0 saturated heterocycles. The van der Waals surface area contributed by atoms with Gasteiger partial charge in [-0.1, -0.05) is 23.8 Å². The maximum Gasteiger partial charge on any atom is 0.254 e. The van der Waals surface area contributed by atoms with E-state index in [9.17, 15) is 4.79 Å². The number of nitrogens with zero attached hydrogens (tertiary/aromatic N) is 2. The van der Waals surface area contributed by atoms with Crippen LogP contribution < -0.4 is 5.56 Å². The number of benzene rings is 1. The zero-order valence-corrected chi connectivity index (χ0v) is 13.9. The molecule has 1 fully saturated rings. The highest BCUT2D eigenvalue weighted by Crippen LogP contribution is 2.37. The molecule has 1 aromatic heterocycles. The average molecular weight is 309 g/mol. The van der Waals surface area contributed by atoms with Crippen molar-refractivity contribution in [2.45, 2.75) is 52.1 Å². The number of aromatic nitrogens is 2. The van der Waals surface area contributed by atoms with Crippen LogP contribution >= 0.6 is 0 Å². The molecule has 23 heavy (non-hydrogen) atoms. The Hall–Kier alpha value is -1.94. The number of nitrogens with one attached hydrogen (secondary N) is 1. The highest BCUT2D eigenvalue weighted by atomic mass is 16.1. The summed E-state index contributed by atoms with van der Waals surface area (Å²) in [5.41, 5.74) is 5.98. The third kappa shape index (κ3) is 2.95. The molecule has 1 aromatic carbocycles. The highest BCUT2D eigenvalue weighted by Gasteiger charge is 2.29. The molecule has 0 radical (unpaired) electrons. The Bertz CT molecular complexity index is 805. The fraction of sp³-hybridized carbons (Fsp3) is 0.474. The van der Waals surface area contributed by atoms with Crippen molar-refractivity contribution < 1.29 is 0 Å². The molecule has 4 rings (SSSR count). The predicted molar refractivity (Wildman–Crippen MR) is 90.6 cm³/mol. The molecule has 2 aliphatic rings. The van der Waals surface area contributed by atoms with E-state index >= 15 is 0 Å². The van der Waals surface area contributed by atoms with Gasteiger partial charge in [-0.3, -0.25) is 9.69 Å². The minimum Gasteiger partial charge on any atom is -0.310 e. The minimum absolute atomic E-state index is 0.0862. The Morgan fingerprint density at radius 3 is 2.87 bits per heavy atom. The third-order valence-corrected chi connectivity index (χ3v) is 5.03. The summed E-state index contributed by atoms with van der Waals surface area (Å²) >= 11 is 0. The summed E-state index contributed by atoms with van der Waals surface area (Å²) in [5, 5.41) is 0. The van der Waals surface area contributed by atoms with E-state index in [-0.39, 0.29) is 5.56 Å². The fourth-order valence-corrected chi connectivity index (χ4v) is 3.46. The van der Waals surface area contributed by atoms with Crippen molar-refractivity contribution in [1.29, 1.82) is 0 Å². The zero-order valence-electron chi connectivity index (χ0n) is 13.9. The van der Waals surface area contributed by atoms with E-state index in [1.54, 1.807) is 0 Å². The van der Waals surface area contributed by atoms with Crippen molar-refractivity contribution in [3.05, 3.63) is 62.3 Å². The van der Waals surface area contributed by atoms with Crippen LogP contribution in [0.4, 0.5) is 0 Å². The molecule has 2 aromatic rings. The first-order valence-electron chi connectivity index (χ1n) is 8.50. The van der Waals surface area contributed by atoms with Crippen molar-refractivity contribution in [1.82, 2.24) is 14.9 Å². The third-order valence-electron chi connectivity index (χ3n) is 5.03. The molecule has 2 heterocycles. The number of hydrogen-bond donors (Lipinski definition) is 1. The maximum atomic E-state index is 12.3. The largest absolute Gasteiger partial charge is 0.310 e. The van der Waals surface area contributed by atoms with Gasteiger partial charge in [0, 0.05) is 31.1 Å². The van der Waals surface area contributed by atoms with E-state index in [4.69, 9.17) is 4.98 Å². The molecule has 0 spiro atoms. The summed E-state index contributed by atoms with van der Waals surface area (Å²) in [7, 11) is 0. The first kappa shape index (κ1) is 14.6. The molecule has 0 amide bonds. The van der Waals surface area contributed by atoms with Crippen LogP contribution in [0.2, 0.25) is 0 Å². The number of H-pyrrole nitrogens is 1. The van der Waals surface area contributed by atoms with Crippen LogP contribution in [0, 0.1) is 13.8 Å². The van der Waals surface area contributed by atoms with Crippen LogP contribution in [0.5, 0.6) is 0 Å². The van der Waals surface area contributed by atoms with Gasteiger partial charge in [0.15, 0.2) is 0 Å². The summed E-state index contributed by atoms with van der Waals surface area (Å²) in [5.74, 6) is 1.39. The van der Waals surface area contributed by atoms with Gasteiger partial charge in [-0.15, -0.1) is 0 Å². The number of fused-ring (bicyclic) bond motifs is 1. The van der Waals surface area contributed by atoms with Gasteiger partial charge in [-0.05, 0) is 44.2 Å². The number of rotatable bonds is 3. The number of aromatic amines is 1. The molecule has 0 unspecified atom stereocenters. The molecular weight excluding hydrogens is 286 g/mol. The zero-order chi connectivity index (χ0) is 16.0. The van der Waals surface area contributed by atoms with Crippen LogP contribution in [0.15, 0.2) is 23.0 Å². The van der Waals surface area contributed by atoms with Gasteiger partial charge in [0.25, 0.3) is 5.56 Å². The monoisotopic (exact) mass is 309 g/mol. The molecule has 1 aliphatic carbocycles. The van der Waals surface area contributed by atoms with Crippen molar-refractivity contribution in [2.24, 2.45) is 0 Å². The summed E-state index contributed by atoms with van der Waals surface area (Å²) in [6.45, 7) is 6.94. The molecular formula is C19H23N3O. The normalized spacial score (nSPS) is 18.0. The Kier molecular flexibility index (Phi) is 3.57. The molecule has 120 valence electrons. The van der Waals surface area contributed by atoms with E-state index in [0.717, 1.165) is 56.0 Å². The smallest absolute Gasteiger partial charge is 0.254 e. The first-order chi connectivity index (χ1) is 11.1. The number of aryl methyl sites for hydroxylation is 2. The van der Waals surface area contributed by atoms with Gasteiger partial charge in [0.1, 0.15) is 5.82 Å². The van der Waals surface area contributed by atoms with Crippen LogP contribution in [-0.2, 0) is 19.5 Å². The van der Waals surface area contributed by atoms with Gasteiger partial charge in [-0.2, -0.15) is 0 Å². The maximum absolute atomic E-state index is 12.3. The second kappa shape index (κ2) is 5.60. The molecule has 1 aliphatic heterocycles. The summed E-state index contributed by atoms with van der Waals surface area (Å²) in [6, 6.07) is 6.64. The summed E-state index contributed by atoms with van der Waals surface area (Å²) in [6.07, 6.45) is 3.12. The Balaban J connectivity index is 1.57. The van der Waals surface area contributed by atoms with Crippen molar-refractivity contribution in [2.75, 3.05) is 6.54 Å². The van der Waals surface area contributed by atoms with Gasteiger partial charge in [0.05, 0.1) is 5.69 Å². The van der Waals surface area contributed by atoms with Gasteiger partial charge < -0.3 is 4.98 Å². The molecule has 1 saturated carbocycles. The van der Waals surface area contributed by atoms with E-state index < -0.39 is 0 Å². The second-order valence-corrected chi connectivity index (χ2v) is 7.04. The average Bonchev–Trinajstić information content (AvgIpc) is 3.34. The van der Waals surface area contributed by atoms with Crippen molar-refractivity contribution in [3.8, 4) is 0 Å². The van der Waals surface area contributed by atoms with E-state index in [1.165, 1.54) is 16.7 Å².